The van der Waals surface area contributed by atoms with E-state index in [0.717, 1.165) is 23.8 Å². The molecule has 0 heterocycles. The van der Waals surface area contributed by atoms with Crippen LogP contribution in [-0.4, -0.2) is 32.3 Å². The van der Waals surface area contributed by atoms with Gasteiger partial charge in [0.1, 0.15) is 11.5 Å². The number of ether oxygens (including phenoxy) is 2. The maximum Gasteiger partial charge on any atom is 0.123 e. The lowest BCUT2D eigenvalue weighted by Gasteiger charge is -2.21. The number of methoxy groups -OCH3 is 2. The lowest BCUT2D eigenvalue weighted by Crippen LogP contribution is -2.23. The van der Waals surface area contributed by atoms with Crippen LogP contribution in [0, 0.1) is 0 Å². The highest BCUT2D eigenvalue weighted by Crippen LogP contribution is 2.31. The van der Waals surface area contributed by atoms with Crippen molar-refractivity contribution in [2.45, 2.75) is 32.7 Å². The first-order chi connectivity index (χ1) is 9.76. The average Bonchev–Trinajstić information content (AvgIpc) is 2.49. The van der Waals surface area contributed by atoms with Crippen LogP contribution in [0.1, 0.15) is 38.3 Å². The zero-order valence-electron chi connectivity index (χ0n) is 13.1. The smallest absolute Gasteiger partial charge is 0.123 e. The van der Waals surface area contributed by atoms with Gasteiger partial charge in [-0.1, -0.05) is 20.3 Å². The fourth-order valence-electron chi connectivity index (χ4n) is 2.06. The number of rotatable bonds is 10. The summed E-state index contributed by atoms with van der Waals surface area (Å²) in [5.41, 5.74) is 1.18. The van der Waals surface area contributed by atoms with E-state index in [9.17, 15) is 0 Å². The van der Waals surface area contributed by atoms with Crippen LogP contribution in [-0.2, 0) is 0 Å². The molecule has 0 amide bonds. The number of unbranched alkanes of at least 4 members (excludes halogenated alkanes) is 1. The van der Waals surface area contributed by atoms with E-state index < -0.39 is 0 Å². The topological polar surface area (TPSA) is 30.5 Å². The molecular weight excluding hydrogens is 270 g/mol. The number of nitrogens with one attached hydrogen (secondary N) is 1. The number of thioether (sulfide) groups is 1. The molecular formula is C16H27NO2S. The molecule has 0 spiro atoms. The van der Waals surface area contributed by atoms with Gasteiger partial charge in [-0.2, -0.15) is 11.8 Å². The summed E-state index contributed by atoms with van der Waals surface area (Å²) in [6, 6.07) is 6.30. The monoisotopic (exact) mass is 297 g/mol. The fraction of sp³-hybridized carbons (Fsp3) is 0.625. The van der Waals surface area contributed by atoms with Crippen molar-refractivity contribution >= 4 is 11.8 Å². The summed E-state index contributed by atoms with van der Waals surface area (Å²) < 4.78 is 10.8. The first-order valence-corrected chi connectivity index (χ1v) is 8.45. The van der Waals surface area contributed by atoms with Crippen LogP contribution < -0.4 is 14.8 Å². The highest BCUT2D eigenvalue weighted by atomic mass is 32.2. The van der Waals surface area contributed by atoms with Crippen molar-refractivity contribution in [3.05, 3.63) is 23.8 Å². The van der Waals surface area contributed by atoms with Gasteiger partial charge in [-0.25, -0.2) is 0 Å². The molecule has 0 aromatic heterocycles. The zero-order chi connectivity index (χ0) is 14.8. The molecule has 20 heavy (non-hydrogen) atoms. The second kappa shape index (κ2) is 9.94. The van der Waals surface area contributed by atoms with Crippen LogP contribution >= 0.6 is 11.8 Å². The van der Waals surface area contributed by atoms with Crippen LogP contribution in [0.5, 0.6) is 11.5 Å². The predicted molar refractivity (Wildman–Crippen MR) is 88.2 cm³/mol. The molecule has 1 rings (SSSR count). The van der Waals surface area contributed by atoms with Crippen molar-refractivity contribution in [2.24, 2.45) is 0 Å². The molecule has 1 N–H and O–H groups in total. The summed E-state index contributed by atoms with van der Waals surface area (Å²) in [7, 11) is 3.42. The third kappa shape index (κ3) is 5.25. The summed E-state index contributed by atoms with van der Waals surface area (Å²) in [4.78, 5) is 0. The van der Waals surface area contributed by atoms with Gasteiger partial charge in [-0.05, 0) is 36.9 Å². The van der Waals surface area contributed by atoms with E-state index in [-0.39, 0.29) is 0 Å². The van der Waals surface area contributed by atoms with Crippen LogP contribution in [0.15, 0.2) is 18.2 Å². The van der Waals surface area contributed by atoms with Gasteiger partial charge in [-0.3, -0.25) is 0 Å². The van der Waals surface area contributed by atoms with Gasteiger partial charge in [0.2, 0.25) is 0 Å². The first-order valence-electron chi connectivity index (χ1n) is 7.29. The third-order valence-electron chi connectivity index (χ3n) is 3.19. The normalized spacial score (nSPS) is 12.2. The average molecular weight is 297 g/mol. The number of hydrogen-bond acceptors (Lipinski definition) is 4. The minimum absolute atomic E-state index is 0.298. The molecule has 0 saturated carbocycles. The van der Waals surface area contributed by atoms with Crippen LogP contribution in [0.4, 0.5) is 0 Å². The number of hydrogen-bond donors (Lipinski definition) is 1. The molecule has 1 atom stereocenters. The van der Waals surface area contributed by atoms with Gasteiger partial charge in [0.05, 0.1) is 14.2 Å². The Morgan fingerprint density at radius 1 is 1.20 bits per heavy atom. The molecule has 0 aliphatic heterocycles. The van der Waals surface area contributed by atoms with Gasteiger partial charge in [-0.15, -0.1) is 0 Å². The molecule has 0 aliphatic carbocycles. The van der Waals surface area contributed by atoms with Crippen molar-refractivity contribution in [1.82, 2.24) is 5.32 Å². The quantitative estimate of drug-likeness (QED) is 0.664. The Bertz CT molecular complexity index is 385. The van der Waals surface area contributed by atoms with E-state index in [1.165, 1.54) is 24.2 Å². The Morgan fingerprint density at radius 2 is 2.00 bits per heavy atom. The minimum Gasteiger partial charge on any atom is -0.497 e. The van der Waals surface area contributed by atoms with E-state index >= 15 is 0 Å². The van der Waals surface area contributed by atoms with Crippen LogP contribution in [0.3, 0.4) is 0 Å². The maximum absolute atomic E-state index is 5.49. The molecule has 0 fully saturated rings. The molecule has 3 nitrogen and oxygen atoms in total. The van der Waals surface area contributed by atoms with Gasteiger partial charge < -0.3 is 14.8 Å². The molecule has 1 aromatic rings. The van der Waals surface area contributed by atoms with E-state index in [4.69, 9.17) is 9.47 Å². The molecule has 1 unspecified atom stereocenters. The molecule has 0 radical (unpaired) electrons. The summed E-state index contributed by atoms with van der Waals surface area (Å²) in [6.07, 6.45) is 2.53. The van der Waals surface area contributed by atoms with Crippen LogP contribution in [0.2, 0.25) is 0 Å². The summed E-state index contributed by atoms with van der Waals surface area (Å²) in [6.45, 7) is 5.31. The van der Waals surface area contributed by atoms with E-state index in [0.29, 0.717) is 6.04 Å². The molecule has 0 aliphatic rings. The summed E-state index contributed by atoms with van der Waals surface area (Å²) in [5, 5.41) is 3.55. The predicted octanol–water partition coefficient (Wildman–Crippen LogP) is 3.89. The van der Waals surface area contributed by atoms with Gasteiger partial charge in [0, 0.05) is 17.4 Å². The van der Waals surface area contributed by atoms with E-state index in [1.807, 2.05) is 23.9 Å². The standard InChI is InChI=1S/C16H27NO2S/c1-5-7-10-20-12-15(17-6-2)14-11-13(18-3)8-9-16(14)19-4/h8-9,11,15,17H,5-7,10,12H2,1-4H3. The minimum atomic E-state index is 0.298. The molecule has 0 bridgehead atoms. The highest BCUT2D eigenvalue weighted by Gasteiger charge is 2.16. The first kappa shape index (κ1) is 17.2. The van der Waals surface area contributed by atoms with Gasteiger partial charge >= 0.3 is 0 Å². The third-order valence-corrected chi connectivity index (χ3v) is 4.34. The van der Waals surface area contributed by atoms with Gasteiger partial charge in [0.15, 0.2) is 0 Å². The van der Waals surface area contributed by atoms with E-state index in [1.54, 1.807) is 14.2 Å². The van der Waals surface area contributed by atoms with Crippen molar-refractivity contribution in [2.75, 3.05) is 32.3 Å². The molecule has 4 heteroatoms. The molecule has 114 valence electrons. The van der Waals surface area contributed by atoms with Crippen molar-refractivity contribution in [3.63, 3.8) is 0 Å². The Kier molecular flexibility index (Phi) is 8.54. The van der Waals surface area contributed by atoms with Gasteiger partial charge in [0.25, 0.3) is 0 Å². The zero-order valence-corrected chi connectivity index (χ0v) is 13.9. The van der Waals surface area contributed by atoms with E-state index in [2.05, 4.69) is 25.2 Å². The number of benzene rings is 1. The second-order valence-electron chi connectivity index (χ2n) is 4.65. The second-order valence-corrected chi connectivity index (χ2v) is 5.80. The molecule has 0 saturated heterocycles. The lowest BCUT2D eigenvalue weighted by atomic mass is 10.1. The fourth-order valence-corrected chi connectivity index (χ4v) is 3.26. The lowest BCUT2D eigenvalue weighted by molar-refractivity contribution is 0.393. The Labute approximate surface area is 127 Å². The largest absolute Gasteiger partial charge is 0.497 e. The summed E-state index contributed by atoms with van der Waals surface area (Å²) >= 11 is 1.99. The Morgan fingerprint density at radius 3 is 2.60 bits per heavy atom. The van der Waals surface area contributed by atoms with Crippen molar-refractivity contribution in [1.29, 1.82) is 0 Å². The Hall–Kier alpha value is -0.870. The maximum atomic E-state index is 5.49. The van der Waals surface area contributed by atoms with Crippen molar-refractivity contribution in [3.8, 4) is 11.5 Å². The Balaban J connectivity index is 2.82. The summed E-state index contributed by atoms with van der Waals surface area (Å²) in [5.74, 6) is 4.07. The van der Waals surface area contributed by atoms with Crippen LogP contribution in [0.25, 0.3) is 0 Å². The highest BCUT2D eigenvalue weighted by molar-refractivity contribution is 7.99. The SMILES string of the molecule is CCCCSCC(NCC)c1cc(OC)ccc1OC. The molecule has 1 aromatic carbocycles. The van der Waals surface area contributed by atoms with Crippen molar-refractivity contribution < 1.29 is 9.47 Å².